The first-order chi connectivity index (χ1) is 7.02. The molecule has 0 amide bonds. The predicted molar refractivity (Wildman–Crippen MR) is 57.7 cm³/mol. The van der Waals surface area contributed by atoms with E-state index in [0.717, 1.165) is 0 Å². The van der Waals surface area contributed by atoms with Gasteiger partial charge in [-0.1, -0.05) is 12.7 Å². The van der Waals surface area contributed by atoms with E-state index in [-0.39, 0.29) is 0 Å². The number of methoxy groups -OCH3 is 1. The van der Waals surface area contributed by atoms with Gasteiger partial charge in [0, 0.05) is 20.2 Å². The number of hydrogen-bond donors (Lipinski definition) is 0. The molecule has 0 heterocycles. The van der Waals surface area contributed by atoms with Crippen LogP contribution in [0.2, 0.25) is 0 Å². The molecule has 0 N–H and O–H groups in total. The molecule has 15 heavy (non-hydrogen) atoms. The van der Waals surface area contributed by atoms with Crippen LogP contribution < -0.4 is 0 Å². The van der Waals surface area contributed by atoms with Gasteiger partial charge in [0.2, 0.25) is 0 Å². The molecule has 0 saturated carbocycles. The summed E-state index contributed by atoms with van der Waals surface area (Å²) in [7, 11) is 4.89. The van der Waals surface area contributed by atoms with Crippen molar-refractivity contribution in [3.05, 3.63) is 36.1 Å². The number of carbonyl (C=O) groups is 1. The van der Waals surface area contributed by atoms with E-state index >= 15 is 0 Å². The van der Waals surface area contributed by atoms with Crippen LogP contribution in [0.15, 0.2) is 36.1 Å². The Bertz CT molecular complexity index is 346. The lowest BCUT2D eigenvalue weighted by Crippen LogP contribution is -2.11. The van der Waals surface area contributed by atoms with Crippen LogP contribution in [0.1, 0.15) is 0 Å². The number of ether oxygens (including phenoxy) is 1. The van der Waals surface area contributed by atoms with E-state index in [1.807, 2.05) is 6.07 Å². The first-order valence-electron chi connectivity index (χ1n) is 4.26. The lowest BCUT2D eigenvalue weighted by molar-refractivity contribution is -0.134. The zero-order valence-electron chi connectivity index (χ0n) is 9.15. The fraction of sp³-hybridized carbons (Fsp3) is 0.273. The van der Waals surface area contributed by atoms with Gasteiger partial charge >= 0.3 is 5.97 Å². The zero-order chi connectivity index (χ0) is 11.8. The standard InChI is InChI=1S/C11H14N2O2/c1-9(8-12)10(13(2)3)6-5-7-11(14)15-4/h5-7H,1H2,2-4H3/b7-5+,10-6+. The number of allylic oxidation sites excluding steroid dienone is 3. The Labute approximate surface area is 89.7 Å². The summed E-state index contributed by atoms with van der Waals surface area (Å²) in [5, 5.41) is 8.68. The number of hydrogen-bond acceptors (Lipinski definition) is 4. The van der Waals surface area contributed by atoms with E-state index in [1.165, 1.54) is 19.3 Å². The Morgan fingerprint density at radius 3 is 2.53 bits per heavy atom. The van der Waals surface area contributed by atoms with Crippen molar-refractivity contribution in [3.63, 3.8) is 0 Å². The van der Waals surface area contributed by atoms with Crippen LogP contribution in [0.4, 0.5) is 0 Å². The van der Waals surface area contributed by atoms with Gasteiger partial charge in [0.1, 0.15) is 6.07 Å². The Kier molecular flexibility index (Phi) is 5.57. The monoisotopic (exact) mass is 206 g/mol. The zero-order valence-corrected chi connectivity index (χ0v) is 9.15. The fourth-order valence-corrected chi connectivity index (χ4v) is 0.863. The maximum atomic E-state index is 10.8. The number of carbonyl (C=O) groups excluding carboxylic acids is 1. The van der Waals surface area contributed by atoms with E-state index in [2.05, 4.69) is 11.3 Å². The van der Waals surface area contributed by atoms with Crippen molar-refractivity contribution in [1.29, 1.82) is 5.26 Å². The summed E-state index contributed by atoms with van der Waals surface area (Å²) < 4.78 is 4.42. The quantitative estimate of drug-likeness (QED) is 0.300. The van der Waals surface area contributed by atoms with Crippen molar-refractivity contribution >= 4 is 5.97 Å². The molecule has 0 atom stereocenters. The molecule has 0 aliphatic carbocycles. The molecule has 0 aliphatic rings. The minimum absolute atomic E-state index is 0.342. The minimum Gasteiger partial charge on any atom is -0.466 e. The molecule has 0 aromatic heterocycles. The summed E-state index contributed by atoms with van der Waals surface area (Å²) >= 11 is 0. The van der Waals surface area contributed by atoms with Crippen molar-refractivity contribution < 1.29 is 9.53 Å². The molecule has 0 radical (unpaired) electrons. The predicted octanol–water partition coefficient (Wildman–Crippen LogP) is 1.24. The van der Waals surface area contributed by atoms with Gasteiger partial charge in [0.05, 0.1) is 18.4 Å². The van der Waals surface area contributed by atoms with E-state index in [1.54, 1.807) is 25.1 Å². The molecule has 0 rings (SSSR count). The second kappa shape index (κ2) is 6.44. The first-order valence-corrected chi connectivity index (χ1v) is 4.26. The molecular formula is C11H14N2O2. The Morgan fingerprint density at radius 2 is 2.13 bits per heavy atom. The van der Waals surface area contributed by atoms with Gasteiger partial charge in [0.25, 0.3) is 0 Å². The maximum Gasteiger partial charge on any atom is 0.330 e. The van der Waals surface area contributed by atoms with Crippen molar-refractivity contribution in [2.45, 2.75) is 0 Å². The molecule has 0 aliphatic heterocycles. The Balaban J connectivity index is 4.73. The summed E-state index contributed by atoms with van der Waals surface area (Å²) in [6.07, 6.45) is 4.42. The average Bonchev–Trinajstić information content (AvgIpc) is 2.22. The number of rotatable bonds is 4. The van der Waals surface area contributed by atoms with Crippen molar-refractivity contribution in [2.24, 2.45) is 0 Å². The molecule has 0 aromatic rings. The van der Waals surface area contributed by atoms with Gasteiger partial charge in [-0.05, 0) is 6.08 Å². The average molecular weight is 206 g/mol. The third kappa shape index (κ3) is 4.67. The second-order valence-electron chi connectivity index (χ2n) is 2.92. The Morgan fingerprint density at radius 1 is 1.53 bits per heavy atom. The van der Waals surface area contributed by atoms with Gasteiger partial charge in [0.15, 0.2) is 0 Å². The van der Waals surface area contributed by atoms with Crippen LogP contribution in [0.5, 0.6) is 0 Å². The summed E-state index contributed by atoms with van der Waals surface area (Å²) in [6, 6.07) is 1.94. The normalized spacial score (nSPS) is 10.9. The fourth-order valence-electron chi connectivity index (χ4n) is 0.863. The second-order valence-corrected chi connectivity index (χ2v) is 2.92. The number of nitrogens with zero attached hydrogens (tertiary/aromatic N) is 2. The van der Waals surface area contributed by atoms with E-state index in [4.69, 9.17) is 5.26 Å². The van der Waals surface area contributed by atoms with Crippen molar-refractivity contribution in [2.75, 3.05) is 21.2 Å². The van der Waals surface area contributed by atoms with Gasteiger partial charge in [-0.3, -0.25) is 0 Å². The lowest BCUT2D eigenvalue weighted by atomic mass is 10.2. The van der Waals surface area contributed by atoms with Crippen LogP contribution in [0, 0.1) is 11.3 Å². The SMILES string of the molecule is C=C(C#N)/C(=C\C=C\C(=O)OC)N(C)C. The van der Waals surface area contributed by atoms with Crippen LogP contribution in [0.25, 0.3) is 0 Å². The molecule has 0 saturated heterocycles. The molecule has 0 spiro atoms. The summed E-state index contributed by atoms with van der Waals surface area (Å²) in [4.78, 5) is 12.5. The van der Waals surface area contributed by atoms with Gasteiger partial charge in [-0.15, -0.1) is 0 Å². The van der Waals surface area contributed by atoms with Crippen molar-refractivity contribution in [1.82, 2.24) is 4.90 Å². The van der Waals surface area contributed by atoms with E-state index < -0.39 is 5.97 Å². The molecule has 0 bridgehead atoms. The minimum atomic E-state index is -0.438. The highest BCUT2D eigenvalue weighted by molar-refractivity contribution is 5.82. The maximum absolute atomic E-state index is 10.8. The molecule has 80 valence electrons. The van der Waals surface area contributed by atoms with Crippen LogP contribution in [-0.4, -0.2) is 32.1 Å². The highest BCUT2D eigenvalue weighted by atomic mass is 16.5. The highest BCUT2D eigenvalue weighted by Gasteiger charge is 2.02. The van der Waals surface area contributed by atoms with E-state index in [9.17, 15) is 4.79 Å². The molecule has 0 fully saturated rings. The number of nitriles is 1. The van der Waals surface area contributed by atoms with Gasteiger partial charge in [-0.2, -0.15) is 5.26 Å². The van der Waals surface area contributed by atoms with Crippen LogP contribution in [-0.2, 0) is 9.53 Å². The van der Waals surface area contributed by atoms with E-state index in [0.29, 0.717) is 11.3 Å². The summed E-state index contributed by atoms with van der Waals surface area (Å²) in [6.45, 7) is 3.59. The molecular weight excluding hydrogens is 192 g/mol. The molecule has 0 aromatic carbocycles. The topological polar surface area (TPSA) is 53.3 Å². The summed E-state index contributed by atoms with van der Waals surface area (Å²) in [5.41, 5.74) is 0.993. The molecule has 4 nitrogen and oxygen atoms in total. The first kappa shape index (κ1) is 13.0. The lowest BCUT2D eigenvalue weighted by Gasteiger charge is -2.14. The van der Waals surface area contributed by atoms with Gasteiger partial charge < -0.3 is 9.64 Å². The molecule has 4 heteroatoms. The molecule has 0 unspecified atom stereocenters. The van der Waals surface area contributed by atoms with Crippen LogP contribution in [0.3, 0.4) is 0 Å². The largest absolute Gasteiger partial charge is 0.466 e. The smallest absolute Gasteiger partial charge is 0.330 e. The number of likely N-dealkylation sites (N-methyl/N-ethyl adjacent to an activating group) is 1. The third-order valence-electron chi connectivity index (χ3n) is 1.61. The number of esters is 1. The van der Waals surface area contributed by atoms with Gasteiger partial charge in [-0.25, -0.2) is 4.79 Å². The summed E-state index contributed by atoms with van der Waals surface area (Å²) in [5.74, 6) is -0.438. The third-order valence-corrected chi connectivity index (χ3v) is 1.61. The van der Waals surface area contributed by atoms with Crippen molar-refractivity contribution in [3.8, 4) is 6.07 Å². The van der Waals surface area contributed by atoms with Crippen LogP contribution >= 0.6 is 0 Å². The highest BCUT2D eigenvalue weighted by Crippen LogP contribution is 2.09. The Hall–Kier alpha value is -2.02.